The Balaban J connectivity index is 2.65. The molecule has 0 bridgehead atoms. The molecular weight excluding hydrogens is 182 g/mol. The van der Waals surface area contributed by atoms with Gasteiger partial charge in [0.2, 0.25) is 0 Å². The molecule has 1 N–H and O–H groups in total. The monoisotopic (exact) mass is 197 g/mol. The molecule has 0 heterocycles. The Kier molecular flexibility index (Phi) is 4.26. The minimum absolute atomic E-state index is 0.529. The van der Waals surface area contributed by atoms with E-state index in [-0.39, 0.29) is 0 Å². The maximum absolute atomic E-state index is 6.08. The van der Waals surface area contributed by atoms with Gasteiger partial charge in [-0.05, 0) is 37.6 Å². The summed E-state index contributed by atoms with van der Waals surface area (Å²) in [5.41, 5.74) is 1.25. The summed E-state index contributed by atoms with van der Waals surface area (Å²) in [6, 6.07) is 8.06. The molecule has 13 heavy (non-hydrogen) atoms. The number of halogens is 1. The van der Waals surface area contributed by atoms with Crippen LogP contribution in [0.1, 0.15) is 24.8 Å². The first-order chi connectivity index (χ1) is 6.25. The molecule has 0 radical (unpaired) electrons. The zero-order chi connectivity index (χ0) is 9.68. The topological polar surface area (TPSA) is 12.0 Å². The molecule has 2 heteroatoms. The van der Waals surface area contributed by atoms with E-state index in [4.69, 9.17) is 11.6 Å². The number of benzene rings is 1. The summed E-state index contributed by atoms with van der Waals surface area (Å²) in [7, 11) is 1.97. The van der Waals surface area contributed by atoms with Gasteiger partial charge in [0.25, 0.3) is 0 Å². The van der Waals surface area contributed by atoms with Gasteiger partial charge in [-0.25, -0.2) is 0 Å². The third-order valence-corrected chi connectivity index (χ3v) is 2.61. The van der Waals surface area contributed by atoms with Crippen molar-refractivity contribution in [1.82, 2.24) is 5.32 Å². The van der Waals surface area contributed by atoms with Crippen LogP contribution in [-0.4, -0.2) is 13.6 Å². The molecule has 1 unspecified atom stereocenters. The van der Waals surface area contributed by atoms with Gasteiger partial charge in [0.15, 0.2) is 0 Å². The summed E-state index contributed by atoms with van der Waals surface area (Å²) in [5.74, 6) is 0.529. The largest absolute Gasteiger partial charge is 0.320 e. The van der Waals surface area contributed by atoms with E-state index in [1.807, 2.05) is 25.2 Å². The fraction of sp³-hybridized carbons (Fsp3) is 0.455. The standard InChI is InChI=1S/C11H16ClN/c1-9(7-8-13-2)10-5-3-4-6-11(10)12/h3-6,9,13H,7-8H2,1-2H3. The summed E-state index contributed by atoms with van der Waals surface area (Å²) >= 11 is 6.08. The molecule has 0 amide bonds. The molecule has 1 nitrogen and oxygen atoms in total. The molecule has 0 aromatic heterocycles. The van der Waals surface area contributed by atoms with Crippen LogP contribution in [0.3, 0.4) is 0 Å². The van der Waals surface area contributed by atoms with Crippen LogP contribution in [0, 0.1) is 0 Å². The van der Waals surface area contributed by atoms with Crippen molar-refractivity contribution in [2.24, 2.45) is 0 Å². The average Bonchev–Trinajstić information content (AvgIpc) is 2.15. The van der Waals surface area contributed by atoms with Crippen molar-refractivity contribution in [2.45, 2.75) is 19.3 Å². The van der Waals surface area contributed by atoms with Gasteiger partial charge in [-0.3, -0.25) is 0 Å². The van der Waals surface area contributed by atoms with E-state index in [0.29, 0.717) is 5.92 Å². The Hall–Kier alpha value is -0.530. The SMILES string of the molecule is CNCCC(C)c1ccccc1Cl. The lowest BCUT2D eigenvalue weighted by Gasteiger charge is -2.12. The Morgan fingerprint density at radius 3 is 2.69 bits per heavy atom. The third kappa shape index (κ3) is 3.02. The molecule has 1 aromatic rings. The zero-order valence-corrected chi connectivity index (χ0v) is 8.93. The second-order valence-corrected chi connectivity index (χ2v) is 3.72. The molecular formula is C11H16ClN. The molecule has 0 aliphatic carbocycles. The van der Waals surface area contributed by atoms with Crippen LogP contribution in [0.5, 0.6) is 0 Å². The normalized spacial score (nSPS) is 12.8. The van der Waals surface area contributed by atoms with E-state index < -0.39 is 0 Å². The Morgan fingerprint density at radius 1 is 1.38 bits per heavy atom. The Bertz CT molecular complexity index is 260. The van der Waals surface area contributed by atoms with Gasteiger partial charge >= 0.3 is 0 Å². The lowest BCUT2D eigenvalue weighted by Crippen LogP contribution is -2.10. The fourth-order valence-electron chi connectivity index (χ4n) is 1.39. The fourth-order valence-corrected chi connectivity index (χ4v) is 1.71. The van der Waals surface area contributed by atoms with Gasteiger partial charge in [0.1, 0.15) is 0 Å². The highest BCUT2D eigenvalue weighted by molar-refractivity contribution is 6.31. The first-order valence-corrected chi connectivity index (χ1v) is 5.02. The van der Waals surface area contributed by atoms with Crippen LogP contribution in [0.15, 0.2) is 24.3 Å². The summed E-state index contributed by atoms with van der Waals surface area (Å²) in [4.78, 5) is 0. The molecule has 1 rings (SSSR count). The van der Waals surface area contributed by atoms with Crippen LogP contribution >= 0.6 is 11.6 Å². The van der Waals surface area contributed by atoms with E-state index in [0.717, 1.165) is 18.0 Å². The van der Waals surface area contributed by atoms with Crippen molar-refractivity contribution >= 4 is 11.6 Å². The Labute approximate surface area is 85.1 Å². The van der Waals surface area contributed by atoms with E-state index >= 15 is 0 Å². The molecule has 0 aliphatic rings. The quantitative estimate of drug-likeness (QED) is 0.783. The van der Waals surface area contributed by atoms with Gasteiger partial charge in [-0.15, -0.1) is 0 Å². The molecule has 1 atom stereocenters. The predicted molar refractivity (Wildman–Crippen MR) is 58.4 cm³/mol. The van der Waals surface area contributed by atoms with Gasteiger partial charge in [0.05, 0.1) is 0 Å². The number of nitrogens with one attached hydrogen (secondary N) is 1. The number of rotatable bonds is 4. The van der Waals surface area contributed by atoms with Crippen molar-refractivity contribution in [2.75, 3.05) is 13.6 Å². The van der Waals surface area contributed by atoms with Crippen molar-refractivity contribution < 1.29 is 0 Å². The third-order valence-electron chi connectivity index (χ3n) is 2.26. The first kappa shape index (κ1) is 10.6. The van der Waals surface area contributed by atoms with Crippen LogP contribution in [0.25, 0.3) is 0 Å². The number of hydrogen-bond donors (Lipinski definition) is 1. The second kappa shape index (κ2) is 5.25. The van der Waals surface area contributed by atoms with Gasteiger partial charge in [-0.1, -0.05) is 36.7 Å². The highest BCUT2D eigenvalue weighted by atomic mass is 35.5. The minimum atomic E-state index is 0.529. The lowest BCUT2D eigenvalue weighted by atomic mass is 9.98. The zero-order valence-electron chi connectivity index (χ0n) is 8.18. The second-order valence-electron chi connectivity index (χ2n) is 3.31. The maximum Gasteiger partial charge on any atom is 0.0440 e. The summed E-state index contributed by atoms with van der Waals surface area (Å²) in [6.07, 6.45) is 1.13. The van der Waals surface area contributed by atoms with E-state index in [2.05, 4.69) is 18.3 Å². The molecule has 0 saturated heterocycles. The molecule has 0 fully saturated rings. The molecule has 0 saturated carbocycles. The molecule has 0 aliphatic heterocycles. The van der Waals surface area contributed by atoms with Crippen molar-refractivity contribution in [1.29, 1.82) is 0 Å². The molecule has 1 aromatic carbocycles. The van der Waals surface area contributed by atoms with Crippen LogP contribution < -0.4 is 5.32 Å². The van der Waals surface area contributed by atoms with Crippen molar-refractivity contribution in [3.8, 4) is 0 Å². The average molecular weight is 198 g/mol. The number of hydrogen-bond acceptors (Lipinski definition) is 1. The van der Waals surface area contributed by atoms with Gasteiger partial charge in [-0.2, -0.15) is 0 Å². The minimum Gasteiger partial charge on any atom is -0.320 e. The van der Waals surface area contributed by atoms with Crippen molar-refractivity contribution in [3.05, 3.63) is 34.9 Å². The summed E-state index contributed by atoms with van der Waals surface area (Å²) < 4.78 is 0. The molecule has 72 valence electrons. The van der Waals surface area contributed by atoms with Gasteiger partial charge < -0.3 is 5.32 Å². The van der Waals surface area contributed by atoms with Crippen LogP contribution in [0.4, 0.5) is 0 Å². The Morgan fingerprint density at radius 2 is 2.08 bits per heavy atom. The highest BCUT2D eigenvalue weighted by Crippen LogP contribution is 2.25. The van der Waals surface area contributed by atoms with E-state index in [1.54, 1.807) is 0 Å². The first-order valence-electron chi connectivity index (χ1n) is 4.64. The molecule has 0 spiro atoms. The highest BCUT2D eigenvalue weighted by Gasteiger charge is 2.07. The van der Waals surface area contributed by atoms with E-state index in [1.165, 1.54) is 5.56 Å². The van der Waals surface area contributed by atoms with Crippen molar-refractivity contribution in [3.63, 3.8) is 0 Å². The van der Waals surface area contributed by atoms with Crippen LogP contribution in [-0.2, 0) is 0 Å². The lowest BCUT2D eigenvalue weighted by molar-refractivity contribution is 0.636. The van der Waals surface area contributed by atoms with E-state index in [9.17, 15) is 0 Å². The smallest absolute Gasteiger partial charge is 0.0440 e. The summed E-state index contributed by atoms with van der Waals surface area (Å²) in [5, 5.41) is 4.03. The maximum atomic E-state index is 6.08. The van der Waals surface area contributed by atoms with Crippen LogP contribution in [0.2, 0.25) is 5.02 Å². The predicted octanol–water partition coefficient (Wildman–Crippen LogP) is 3.05. The van der Waals surface area contributed by atoms with Gasteiger partial charge in [0, 0.05) is 5.02 Å². The summed E-state index contributed by atoms with van der Waals surface area (Å²) in [6.45, 7) is 3.24.